The molecule has 0 bridgehead atoms. The van der Waals surface area contributed by atoms with E-state index in [1.54, 1.807) is 22.7 Å². The molecule has 0 aromatic carbocycles. The van der Waals surface area contributed by atoms with Gasteiger partial charge in [-0.1, -0.05) is 13.8 Å². The second kappa shape index (κ2) is 6.79. The Labute approximate surface area is 120 Å². The van der Waals surface area contributed by atoms with E-state index in [1.165, 1.54) is 0 Å². The van der Waals surface area contributed by atoms with Gasteiger partial charge in [0.2, 0.25) is 5.91 Å². The van der Waals surface area contributed by atoms with E-state index in [9.17, 15) is 4.79 Å². The van der Waals surface area contributed by atoms with Crippen LogP contribution in [0.5, 0.6) is 0 Å². The van der Waals surface area contributed by atoms with Gasteiger partial charge in [0.1, 0.15) is 5.01 Å². The zero-order chi connectivity index (χ0) is 13.7. The van der Waals surface area contributed by atoms with Crippen molar-refractivity contribution in [1.82, 2.24) is 10.5 Å². The Hall–Kier alpha value is -1.24. The van der Waals surface area contributed by atoms with Crippen molar-refractivity contribution < 1.29 is 9.63 Å². The molecule has 102 valence electrons. The van der Waals surface area contributed by atoms with Crippen molar-refractivity contribution >= 4 is 28.6 Å². The highest BCUT2D eigenvalue weighted by molar-refractivity contribution is 7.14. The van der Waals surface area contributed by atoms with Crippen LogP contribution in [-0.4, -0.2) is 17.5 Å². The Morgan fingerprint density at radius 1 is 1.47 bits per heavy atom. The predicted molar refractivity (Wildman–Crippen MR) is 78.1 cm³/mol. The molecule has 0 aliphatic heterocycles. The molecule has 0 aliphatic carbocycles. The number of thiophene rings is 1. The minimum atomic E-state index is -0.164. The molecule has 0 atom stereocenters. The summed E-state index contributed by atoms with van der Waals surface area (Å²) in [6.07, 6.45) is 0.249. The van der Waals surface area contributed by atoms with Gasteiger partial charge in [0, 0.05) is 16.3 Å². The van der Waals surface area contributed by atoms with Crippen molar-refractivity contribution in [3.8, 4) is 10.6 Å². The van der Waals surface area contributed by atoms with Crippen LogP contribution in [0, 0.1) is 5.92 Å². The van der Waals surface area contributed by atoms with Crippen LogP contribution in [0.4, 0.5) is 0 Å². The molecule has 1 amide bonds. The number of rotatable bonds is 6. The average molecular weight is 296 g/mol. The van der Waals surface area contributed by atoms with E-state index in [-0.39, 0.29) is 12.3 Å². The summed E-state index contributed by atoms with van der Waals surface area (Å²) in [5, 5.41) is 6.93. The summed E-state index contributed by atoms with van der Waals surface area (Å²) in [5.74, 6) is 0.229. The lowest BCUT2D eigenvalue weighted by atomic mass is 10.2. The standard InChI is InChI=1S/C13H16N2O2S2/c1-9(2)6-17-15-12(16)5-11-8-19-13(14-11)10-3-4-18-7-10/h3-4,7-9H,5-6H2,1-2H3,(H,15,16). The molecule has 2 heterocycles. The van der Waals surface area contributed by atoms with Gasteiger partial charge in [0.25, 0.3) is 0 Å². The first-order valence-corrected chi connectivity index (χ1v) is 7.85. The zero-order valence-electron chi connectivity index (χ0n) is 10.9. The van der Waals surface area contributed by atoms with Crippen LogP contribution in [0.15, 0.2) is 22.2 Å². The highest BCUT2D eigenvalue weighted by Crippen LogP contribution is 2.25. The van der Waals surface area contributed by atoms with E-state index in [2.05, 4.69) is 15.8 Å². The highest BCUT2D eigenvalue weighted by Gasteiger charge is 2.09. The summed E-state index contributed by atoms with van der Waals surface area (Å²) in [6, 6.07) is 2.03. The van der Waals surface area contributed by atoms with Crippen molar-refractivity contribution in [1.29, 1.82) is 0 Å². The third-order valence-electron chi connectivity index (χ3n) is 2.26. The molecule has 2 aromatic heterocycles. The number of nitrogens with zero attached hydrogens (tertiary/aromatic N) is 1. The number of amides is 1. The molecule has 0 unspecified atom stereocenters. The van der Waals surface area contributed by atoms with Crippen molar-refractivity contribution in [3.05, 3.63) is 27.9 Å². The van der Waals surface area contributed by atoms with Gasteiger partial charge >= 0.3 is 0 Å². The Morgan fingerprint density at radius 3 is 3.00 bits per heavy atom. The zero-order valence-corrected chi connectivity index (χ0v) is 12.5. The third-order valence-corrected chi connectivity index (χ3v) is 3.89. The first-order chi connectivity index (χ1) is 9.15. The maximum atomic E-state index is 11.6. The smallest absolute Gasteiger partial charge is 0.249 e. The summed E-state index contributed by atoms with van der Waals surface area (Å²) >= 11 is 3.19. The van der Waals surface area contributed by atoms with Gasteiger partial charge in [0.15, 0.2) is 0 Å². The normalized spacial score (nSPS) is 10.9. The van der Waals surface area contributed by atoms with Crippen molar-refractivity contribution in [3.63, 3.8) is 0 Å². The van der Waals surface area contributed by atoms with Gasteiger partial charge in [-0.25, -0.2) is 10.5 Å². The molecular weight excluding hydrogens is 280 g/mol. The molecule has 0 saturated carbocycles. The molecule has 0 saturated heterocycles. The van der Waals surface area contributed by atoms with Gasteiger partial charge in [0.05, 0.1) is 18.7 Å². The molecule has 6 heteroatoms. The average Bonchev–Trinajstić information content (AvgIpc) is 2.97. The molecule has 4 nitrogen and oxygen atoms in total. The third kappa shape index (κ3) is 4.41. The minimum absolute atomic E-state index is 0.164. The van der Waals surface area contributed by atoms with Crippen LogP contribution in [-0.2, 0) is 16.1 Å². The fraction of sp³-hybridized carbons (Fsp3) is 0.385. The Morgan fingerprint density at radius 2 is 2.32 bits per heavy atom. The van der Waals surface area contributed by atoms with E-state index >= 15 is 0 Å². The maximum Gasteiger partial charge on any atom is 0.249 e. The van der Waals surface area contributed by atoms with Crippen molar-refractivity contribution in [2.75, 3.05) is 6.61 Å². The second-order valence-corrected chi connectivity index (χ2v) is 6.20. The van der Waals surface area contributed by atoms with Crippen LogP contribution >= 0.6 is 22.7 Å². The van der Waals surface area contributed by atoms with E-state index in [4.69, 9.17) is 4.84 Å². The van der Waals surface area contributed by atoms with Gasteiger partial charge in [-0.2, -0.15) is 11.3 Å². The Kier molecular flexibility index (Phi) is 5.07. The summed E-state index contributed by atoms with van der Waals surface area (Å²) in [6.45, 7) is 4.57. The maximum absolute atomic E-state index is 11.6. The van der Waals surface area contributed by atoms with Crippen LogP contribution in [0.25, 0.3) is 10.6 Å². The molecule has 0 radical (unpaired) electrons. The van der Waals surface area contributed by atoms with E-state index < -0.39 is 0 Å². The first kappa shape index (κ1) is 14.2. The summed E-state index contributed by atoms with van der Waals surface area (Å²) in [5.41, 5.74) is 4.32. The predicted octanol–water partition coefficient (Wildman–Crippen LogP) is 3.12. The SMILES string of the molecule is CC(C)CONC(=O)Cc1csc(-c2ccsc2)n1. The lowest BCUT2D eigenvalue weighted by molar-refractivity contribution is -0.133. The van der Waals surface area contributed by atoms with Crippen LogP contribution in [0.1, 0.15) is 19.5 Å². The van der Waals surface area contributed by atoms with E-state index in [0.29, 0.717) is 12.5 Å². The van der Waals surface area contributed by atoms with Crippen molar-refractivity contribution in [2.45, 2.75) is 20.3 Å². The number of hydroxylamine groups is 1. The first-order valence-electron chi connectivity index (χ1n) is 6.02. The molecule has 2 rings (SSSR count). The Bertz CT molecular complexity index is 520. The monoisotopic (exact) mass is 296 g/mol. The lowest BCUT2D eigenvalue weighted by Gasteiger charge is -2.06. The summed E-state index contributed by atoms with van der Waals surface area (Å²) < 4.78 is 0. The van der Waals surface area contributed by atoms with Gasteiger partial charge in [-0.15, -0.1) is 11.3 Å². The number of thiazole rings is 1. The van der Waals surface area contributed by atoms with Crippen LogP contribution < -0.4 is 5.48 Å². The van der Waals surface area contributed by atoms with Crippen LogP contribution in [0.3, 0.4) is 0 Å². The molecule has 0 aliphatic rings. The summed E-state index contributed by atoms with van der Waals surface area (Å²) in [7, 11) is 0. The molecule has 0 fully saturated rings. The fourth-order valence-electron chi connectivity index (χ4n) is 1.40. The topological polar surface area (TPSA) is 51.2 Å². The lowest BCUT2D eigenvalue weighted by Crippen LogP contribution is -2.27. The van der Waals surface area contributed by atoms with Crippen molar-refractivity contribution in [2.24, 2.45) is 5.92 Å². The summed E-state index contributed by atoms with van der Waals surface area (Å²) in [4.78, 5) is 21.2. The van der Waals surface area contributed by atoms with Gasteiger partial charge in [-0.3, -0.25) is 9.63 Å². The molecule has 0 spiro atoms. The highest BCUT2D eigenvalue weighted by atomic mass is 32.1. The molecule has 1 N–H and O–H groups in total. The van der Waals surface area contributed by atoms with Gasteiger partial charge in [-0.05, 0) is 17.4 Å². The van der Waals surface area contributed by atoms with E-state index in [0.717, 1.165) is 16.3 Å². The number of carbonyl (C=O) groups excluding carboxylic acids is 1. The molecule has 2 aromatic rings. The van der Waals surface area contributed by atoms with Gasteiger partial charge < -0.3 is 0 Å². The molecule has 19 heavy (non-hydrogen) atoms. The molecular formula is C13H16N2O2S2. The largest absolute Gasteiger partial charge is 0.273 e. The second-order valence-electron chi connectivity index (χ2n) is 4.56. The number of aromatic nitrogens is 1. The quantitative estimate of drug-likeness (QED) is 0.833. The number of hydrogen-bond donors (Lipinski definition) is 1. The number of nitrogens with one attached hydrogen (secondary N) is 1. The Balaban J connectivity index is 1.84. The van der Waals surface area contributed by atoms with Crippen LogP contribution in [0.2, 0.25) is 0 Å². The fourth-order valence-corrected chi connectivity index (χ4v) is 2.93. The van der Waals surface area contributed by atoms with E-state index in [1.807, 2.05) is 30.7 Å². The number of hydrogen-bond acceptors (Lipinski definition) is 5. The number of carbonyl (C=O) groups is 1. The minimum Gasteiger partial charge on any atom is -0.273 e.